The monoisotopic (exact) mass is 482 g/mol. The minimum absolute atomic E-state index is 0.137. The molecule has 152 valence electrons. The summed E-state index contributed by atoms with van der Waals surface area (Å²) in [6.07, 6.45) is 0. The van der Waals surface area contributed by atoms with Gasteiger partial charge in [-0.25, -0.2) is 18.4 Å². The lowest BCUT2D eigenvalue weighted by Crippen LogP contribution is -2.16. The average Bonchev–Trinajstić information content (AvgIpc) is 2.72. The second kappa shape index (κ2) is 8.04. The molecule has 0 fully saturated rings. The minimum atomic E-state index is -3.85. The number of halogens is 1. The molecule has 0 spiro atoms. The molecule has 0 saturated carbocycles. The molecule has 4 rings (SSSR count). The van der Waals surface area contributed by atoms with Crippen LogP contribution in [0.3, 0.4) is 0 Å². The summed E-state index contributed by atoms with van der Waals surface area (Å²) in [5, 5.41) is 3.25. The van der Waals surface area contributed by atoms with Gasteiger partial charge >= 0.3 is 0 Å². The Hall–Kier alpha value is -2.97. The molecule has 8 heteroatoms. The number of nitrogens with one attached hydrogen (secondary N) is 2. The molecule has 0 radical (unpaired) electrons. The maximum Gasteiger partial charge on any atom is 0.263 e. The third kappa shape index (κ3) is 4.15. The van der Waals surface area contributed by atoms with E-state index in [1.807, 2.05) is 50.2 Å². The molecule has 4 aromatic rings. The van der Waals surface area contributed by atoms with Gasteiger partial charge in [-0.3, -0.25) is 4.72 Å². The molecule has 3 aromatic carbocycles. The number of para-hydroxylation sites is 2. The minimum Gasteiger partial charge on any atom is -0.337 e. The molecule has 0 saturated heterocycles. The molecular formula is C22H19BrN4O2S. The van der Waals surface area contributed by atoms with Gasteiger partial charge in [0.25, 0.3) is 10.0 Å². The molecule has 0 aliphatic rings. The van der Waals surface area contributed by atoms with Crippen molar-refractivity contribution in [1.29, 1.82) is 0 Å². The fourth-order valence-corrected chi connectivity index (χ4v) is 4.25. The van der Waals surface area contributed by atoms with Crippen molar-refractivity contribution in [1.82, 2.24) is 9.97 Å². The highest BCUT2D eigenvalue weighted by molar-refractivity contribution is 9.10. The van der Waals surface area contributed by atoms with Gasteiger partial charge in [-0.15, -0.1) is 0 Å². The number of rotatable bonds is 5. The van der Waals surface area contributed by atoms with E-state index in [1.165, 1.54) is 12.1 Å². The molecule has 6 nitrogen and oxygen atoms in total. The van der Waals surface area contributed by atoms with E-state index in [-0.39, 0.29) is 10.7 Å². The summed E-state index contributed by atoms with van der Waals surface area (Å²) in [4.78, 5) is 9.29. The fraction of sp³-hybridized carbons (Fsp3) is 0.0909. The van der Waals surface area contributed by atoms with Crippen LogP contribution in [0.1, 0.15) is 11.1 Å². The lowest BCUT2D eigenvalue weighted by Gasteiger charge is -2.15. The zero-order valence-electron chi connectivity index (χ0n) is 16.3. The molecule has 0 bridgehead atoms. The first-order chi connectivity index (χ1) is 14.3. The number of anilines is 3. The number of aryl methyl sites for hydroxylation is 1. The highest BCUT2D eigenvalue weighted by Crippen LogP contribution is 2.29. The predicted molar refractivity (Wildman–Crippen MR) is 124 cm³/mol. The topological polar surface area (TPSA) is 84.0 Å². The van der Waals surface area contributed by atoms with Crippen molar-refractivity contribution < 1.29 is 8.42 Å². The van der Waals surface area contributed by atoms with Crippen LogP contribution in [-0.4, -0.2) is 18.4 Å². The Balaban J connectivity index is 1.80. The molecule has 0 unspecified atom stereocenters. The normalized spacial score (nSPS) is 11.4. The summed E-state index contributed by atoms with van der Waals surface area (Å²) >= 11 is 3.32. The number of sulfonamides is 1. The molecule has 1 aromatic heterocycles. The predicted octanol–water partition coefficient (Wildman–Crippen LogP) is 5.55. The van der Waals surface area contributed by atoms with Crippen LogP contribution in [0.4, 0.5) is 17.3 Å². The van der Waals surface area contributed by atoms with E-state index in [4.69, 9.17) is 0 Å². The van der Waals surface area contributed by atoms with Gasteiger partial charge in [0.15, 0.2) is 11.6 Å². The number of nitrogens with zero attached hydrogens (tertiary/aromatic N) is 2. The van der Waals surface area contributed by atoms with Crippen LogP contribution >= 0.6 is 15.9 Å². The molecule has 0 aliphatic carbocycles. The molecule has 30 heavy (non-hydrogen) atoms. The second-order valence-electron chi connectivity index (χ2n) is 6.84. The third-order valence-corrected chi connectivity index (χ3v) is 6.67. The van der Waals surface area contributed by atoms with Crippen molar-refractivity contribution in [2.24, 2.45) is 0 Å². The quantitative estimate of drug-likeness (QED) is 0.389. The van der Waals surface area contributed by atoms with Crippen molar-refractivity contribution in [2.75, 3.05) is 10.0 Å². The molecule has 1 heterocycles. The Kier molecular flexibility index (Phi) is 5.44. The number of aromatic nitrogens is 2. The van der Waals surface area contributed by atoms with E-state index in [2.05, 4.69) is 35.9 Å². The highest BCUT2D eigenvalue weighted by Gasteiger charge is 2.19. The van der Waals surface area contributed by atoms with Gasteiger partial charge in [-0.1, -0.05) is 40.2 Å². The Morgan fingerprint density at radius 3 is 2.10 bits per heavy atom. The van der Waals surface area contributed by atoms with Crippen LogP contribution in [0.2, 0.25) is 0 Å². The van der Waals surface area contributed by atoms with Gasteiger partial charge < -0.3 is 5.32 Å². The molecule has 0 atom stereocenters. The summed E-state index contributed by atoms with van der Waals surface area (Å²) in [5.41, 5.74) is 4.26. The lowest BCUT2D eigenvalue weighted by molar-refractivity contribution is 0.601. The lowest BCUT2D eigenvalue weighted by atomic mass is 10.1. The Labute approximate surface area is 183 Å². The van der Waals surface area contributed by atoms with Crippen molar-refractivity contribution in [3.63, 3.8) is 0 Å². The molecule has 0 amide bonds. The van der Waals surface area contributed by atoms with Gasteiger partial charge in [0, 0.05) is 10.2 Å². The van der Waals surface area contributed by atoms with E-state index >= 15 is 0 Å². The number of fused-ring (bicyclic) bond motifs is 1. The summed E-state index contributed by atoms with van der Waals surface area (Å²) < 4.78 is 29.3. The van der Waals surface area contributed by atoms with E-state index in [9.17, 15) is 8.42 Å². The van der Waals surface area contributed by atoms with Crippen molar-refractivity contribution in [2.45, 2.75) is 18.7 Å². The highest BCUT2D eigenvalue weighted by atomic mass is 79.9. The summed E-state index contributed by atoms with van der Waals surface area (Å²) in [7, 11) is -3.85. The first-order valence-corrected chi connectivity index (χ1v) is 11.5. The van der Waals surface area contributed by atoms with Gasteiger partial charge in [0.2, 0.25) is 0 Å². The second-order valence-corrected chi connectivity index (χ2v) is 9.44. The van der Waals surface area contributed by atoms with E-state index in [1.54, 1.807) is 18.2 Å². The standard InChI is InChI=1S/C22H19BrN4O2S/c1-14-6-5-9-18(15(14)2)24-21-22(26-20-8-4-3-7-19(20)25-21)27-30(28,29)17-12-10-16(23)11-13-17/h3-13H,1-2H3,(H,24,25)(H,26,27). The smallest absolute Gasteiger partial charge is 0.263 e. The maximum absolute atomic E-state index is 13.0. The Morgan fingerprint density at radius 1 is 0.800 bits per heavy atom. The zero-order valence-corrected chi connectivity index (χ0v) is 18.8. The fourth-order valence-electron chi connectivity index (χ4n) is 2.97. The van der Waals surface area contributed by atoms with Gasteiger partial charge in [0.1, 0.15) is 0 Å². The van der Waals surface area contributed by atoms with Crippen LogP contribution in [0.15, 0.2) is 76.1 Å². The van der Waals surface area contributed by atoms with Crippen LogP contribution in [-0.2, 0) is 10.0 Å². The van der Waals surface area contributed by atoms with Crippen LogP contribution in [0.25, 0.3) is 11.0 Å². The van der Waals surface area contributed by atoms with E-state index in [0.717, 1.165) is 21.3 Å². The van der Waals surface area contributed by atoms with Gasteiger partial charge in [-0.05, 0) is 67.4 Å². The SMILES string of the molecule is Cc1cccc(Nc2nc3ccccc3nc2NS(=O)(=O)c2ccc(Br)cc2)c1C. The Morgan fingerprint density at radius 2 is 1.43 bits per heavy atom. The van der Waals surface area contributed by atoms with Crippen molar-refractivity contribution >= 4 is 54.3 Å². The van der Waals surface area contributed by atoms with Crippen molar-refractivity contribution in [3.8, 4) is 0 Å². The van der Waals surface area contributed by atoms with Crippen LogP contribution in [0, 0.1) is 13.8 Å². The Bertz CT molecular complexity index is 1340. The summed E-state index contributed by atoms with van der Waals surface area (Å²) in [6, 6.07) is 19.6. The van der Waals surface area contributed by atoms with Crippen molar-refractivity contribution in [3.05, 3.63) is 82.3 Å². The zero-order chi connectivity index (χ0) is 21.3. The van der Waals surface area contributed by atoms with E-state index < -0.39 is 10.0 Å². The summed E-state index contributed by atoms with van der Waals surface area (Å²) in [5.74, 6) is 0.473. The van der Waals surface area contributed by atoms with E-state index in [0.29, 0.717) is 16.9 Å². The van der Waals surface area contributed by atoms with Crippen LogP contribution < -0.4 is 10.0 Å². The van der Waals surface area contributed by atoms with Crippen LogP contribution in [0.5, 0.6) is 0 Å². The number of hydrogen-bond acceptors (Lipinski definition) is 5. The molecule has 0 aliphatic heterocycles. The first kappa shape index (κ1) is 20.3. The number of benzene rings is 3. The van der Waals surface area contributed by atoms with Gasteiger partial charge in [0.05, 0.1) is 15.9 Å². The van der Waals surface area contributed by atoms with Gasteiger partial charge in [-0.2, -0.15) is 0 Å². The largest absolute Gasteiger partial charge is 0.337 e. The third-order valence-electron chi connectivity index (χ3n) is 4.78. The number of hydrogen-bond donors (Lipinski definition) is 2. The molecule has 2 N–H and O–H groups in total. The molecular weight excluding hydrogens is 464 g/mol. The average molecular weight is 483 g/mol. The summed E-state index contributed by atoms with van der Waals surface area (Å²) in [6.45, 7) is 4.02. The maximum atomic E-state index is 13.0. The first-order valence-electron chi connectivity index (χ1n) is 9.22.